The van der Waals surface area contributed by atoms with Gasteiger partial charge < -0.3 is 5.11 Å². The highest BCUT2D eigenvalue weighted by atomic mass is 32.1. The lowest BCUT2D eigenvalue weighted by molar-refractivity contribution is 0.134. The molecule has 1 aliphatic carbocycles. The maximum Gasteiger partial charge on any atom is 0.102 e. The van der Waals surface area contributed by atoms with Gasteiger partial charge >= 0.3 is 0 Å². The van der Waals surface area contributed by atoms with Crippen LogP contribution in [0.2, 0.25) is 0 Å². The molecule has 0 heterocycles. The summed E-state index contributed by atoms with van der Waals surface area (Å²) in [4.78, 5) is 0. The first-order chi connectivity index (χ1) is 8.09. The van der Waals surface area contributed by atoms with Crippen LogP contribution in [0, 0.1) is 0 Å². The summed E-state index contributed by atoms with van der Waals surface area (Å²) in [7, 11) is 0. The van der Waals surface area contributed by atoms with E-state index in [-0.39, 0.29) is 0 Å². The minimum Gasteiger partial charge on any atom is -0.379 e. The quantitative estimate of drug-likeness (QED) is 0.462. The Hall–Kier alpha value is 0.620. The Morgan fingerprint density at radius 1 is 0.941 bits per heavy atom. The van der Waals surface area contributed by atoms with Crippen LogP contribution in [0.4, 0.5) is 0 Å². The van der Waals surface area contributed by atoms with E-state index in [0.29, 0.717) is 16.5 Å². The molecule has 0 bridgehead atoms. The van der Waals surface area contributed by atoms with Gasteiger partial charge in [0.1, 0.15) is 6.23 Å². The lowest BCUT2D eigenvalue weighted by atomic mass is 10.0. The molecule has 0 aromatic rings. The monoisotopic (exact) mass is 277 g/mol. The third kappa shape index (κ3) is 6.94. The topological polar surface area (TPSA) is 32.3 Å². The van der Waals surface area contributed by atoms with Gasteiger partial charge in [-0.1, -0.05) is 25.7 Å². The van der Waals surface area contributed by atoms with Crippen LogP contribution in [-0.2, 0) is 0 Å². The van der Waals surface area contributed by atoms with Gasteiger partial charge in [-0.25, -0.2) is 0 Å². The molecule has 4 unspecified atom stereocenters. The van der Waals surface area contributed by atoms with E-state index < -0.39 is 6.23 Å². The minimum absolute atomic E-state index is 0.384. The van der Waals surface area contributed by atoms with E-state index in [2.05, 4.69) is 30.6 Å². The average Bonchev–Trinajstić information content (AvgIpc) is 2.30. The smallest absolute Gasteiger partial charge is 0.102 e. The Bertz CT molecular complexity index is 202. The van der Waals surface area contributed by atoms with Crippen molar-refractivity contribution < 1.29 is 5.11 Å². The number of aliphatic hydroxyl groups is 1. The molecular formula is C13H27NOS2. The van der Waals surface area contributed by atoms with Crippen LogP contribution in [0.25, 0.3) is 0 Å². The molecule has 2 N–H and O–H groups in total. The molecule has 4 atom stereocenters. The van der Waals surface area contributed by atoms with Gasteiger partial charge in [0.2, 0.25) is 0 Å². The fourth-order valence-corrected chi connectivity index (χ4v) is 3.14. The second-order valence-corrected chi connectivity index (χ2v) is 6.57. The maximum absolute atomic E-state index is 9.42. The fourth-order valence-electron chi connectivity index (χ4n) is 2.51. The van der Waals surface area contributed by atoms with Crippen molar-refractivity contribution in [1.82, 2.24) is 5.32 Å². The largest absolute Gasteiger partial charge is 0.379 e. The summed E-state index contributed by atoms with van der Waals surface area (Å²) in [6.45, 7) is 1.80. The highest BCUT2D eigenvalue weighted by Gasteiger charge is 2.18. The first kappa shape index (κ1) is 15.7. The van der Waals surface area contributed by atoms with Gasteiger partial charge in [-0.05, 0) is 32.6 Å². The summed E-state index contributed by atoms with van der Waals surface area (Å²) < 4.78 is 0. The van der Waals surface area contributed by atoms with E-state index in [1.165, 1.54) is 38.5 Å². The van der Waals surface area contributed by atoms with Crippen molar-refractivity contribution in [3.63, 3.8) is 0 Å². The van der Waals surface area contributed by atoms with E-state index in [1.54, 1.807) is 6.92 Å². The van der Waals surface area contributed by atoms with Gasteiger partial charge in [0, 0.05) is 16.5 Å². The molecule has 102 valence electrons. The fraction of sp³-hybridized carbons (Fsp3) is 1.00. The summed E-state index contributed by atoms with van der Waals surface area (Å²) in [6, 6.07) is 0.434. The molecule has 0 aliphatic heterocycles. The Kier molecular flexibility index (Phi) is 8.00. The molecule has 1 fully saturated rings. The number of rotatable bonds is 2. The molecule has 0 saturated heterocycles. The second kappa shape index (κ2) is 8.68. The molecule has 0 aromatic carbocycles. The van der Waals surface area contributed by atoms with Crippen molar-refractivity contribution >= 4 is 25.3 Å². The Morgan fingerprint density at radius 3 is 2.18 bits per heavy atom. The molecule has 0 amide bonds. The molecule has 1 saturated carbocycles. The highest BCUT2D eigenvalue weighted by molar-refractivity contribution is 7.85. The van der Waals surface area contributed by atoms with E-state index in [9.17, 15) is 5.11 Å². The molecule has 0 radical (unpaired) electrons. The Morgan fingerprint density at radius 2 is 1.53 bits per heavy atom. The van der Waals surface area contributed by atoms with E-state index in [0.717, 1.165) is 12.8 Å². The zero-order valence-corrected chi connectivity index (χ0v) is 12.6. The number of thiol groups is 2. The third-order valence-electron chi connectivity index (χ3n) is 3.53. The Labute approximate surface area is 117 Å². The van der Waals surface area contributed by atoms with Crippen LogP contribution < -0.4 is 5.32 Å². The van der Waals surface area contributed by atoms with Crippen molar-refractivity contribution in [2.24, 2.45) is 0 Å². The minimum atomic E-state index is -0.407. The first-order valence-corrected chi connectivity index (χ1v) is 7.93. The Balaban J connectivity index is 2.44. The standard InChI is InChI=1S/C13H27NOS2/c1-10(15)14-11-6-4-2-3-5-7-12(16)13(17)9-8-11/h10-17H,2-9H2,1H3. The molecule has 4 heteroatoms. The summed E-state index contributed by atoms with van der Waals surface area (Å²) in [6.07, 6.45) is 9.27. The summed E-state index contributed by atoms with van der Waals surface area (Å²) >= 11 is 9.30. The number of nitrogens with one attached hydrogen (secondary N) is 1. The second-order valence-electron chi connectivity index (χ2n) is 5.24. The molecule has 17 heavy (non-hydrogen) atoms. The van der Waals surface area contributed by atoms with Crippen molar-refractivity contribution in [2.45, 2.75) is 81.1 Å². The molecule has 1 rings (SSSR count). The highest BCUT2D eigenvalue weighted by Crippen LogP contribution is 2.24. The van der Waals surface area contributed by atoms with Crippen molar-refractivity contribution in [2.75, 3.05) is 0 Å². The average molecular weight is 277 g/mol. The van der Waals surface area contributed by atoms with Crippen LogP contribution in [0.1, 0.15) is 58.3 Å². The van der Waals surface area contributed by atoms with Crippen LogP contribution in [0.15, 0.2) is 0 Å². The van der Waals surface area contributed by atoms with Crippen LogP contribution in [-0.4, -0.2) is 27.9 Å². The summed E-state index contributed by atoms with van der Waals surface area (Å²) in [5, 5.41) is 13.5. The predicted molar refractivity (Wildman–Crippen MR) is 81.1 cm³/mol. The zero-order valence-electron chi connectivity index (χ0n) is 10.8. The van der Waals surface area contributed by atoms with Crippen LogP contribution in [0.5, 0.6) is 0 Å². The molecule has 2 nitrogen and oxygen atoms in total. The van der Waals surface area contributed by atoms with Gasteiger partial charge in [-0.2, -0.15) is 25.3 Å². The lowest BCUT2D eigenvalue weighted by Gasteiger charge is -2.23. The van der Waals surface area contributed by atoms with E-state index in [4.69, 9.17) is 0 Å². The van der Waals surface area contributed by atoms with Gasteiger partial charge in [-0.3, -0.25) is 5.32 Å². The van der Waals surface area contributed by atoms with Gasteiger partial charge in [0.25, 0.3) is 0 Å². The lowest BCUT2D eigenvalue weighted by Crippen LogP contribution is -2.37. The van der Waals surface area contributed by atoms with Crippen molar-refractivity contribution in [3.05, 3.63) is 0 Å². The van der Waals surface area contributed by atoms with Crippen LogP contribution in [0.3, 0.4) is 0 Å². The zero-order chi connectivity index (χ0) is 12.7. The number of hydrogen-bond donors (Lipinski definition) is 4. The number of hydrogen-bond acceptors (Lipinski definition) is 4. The normalized spacial score (nSPS) is 34.9. The van der Waals surface area contributed by atoms with Crippen molar-refractivity contribution in [3.8, 4) is 0 Å². The van der Waals surface area contributed by atoms with Gasteiger partial charge in [0.05, 0.1) is 0 Å². The first-order valence-electron chi connectivity index (χ1n) is 6.90. The maximum atomic E-state index is 9.42. The van der Waals surface area contributed by atoms with Crippen LogP contribution >= 0.6 is 25.3 Å². The summed E-state index contributed by atoms with van der Waals surface area (Å²) in [5.74, 6) is 0. The molecule has 0 spiro atoms. The predicted octanol–water partition coefficient (Wildman–Crippen LogP) is 3.01. The molecule has 0 aromatic heterocycles. The van der Waals surface area contributed by atoms with Crippen molar-refractivity contribution in [1.29, 1.82) is 0 Å². The van der Waals surface area contributed by atoms with E-state index >= 15 is 0 Å². The molecular weight excluding hydrogens is 250 g/mol. The SMILES string of the molecule is CC(O)NC1CCCCCCC(S)C(S)CC1. The summed E-state index contributed by atoms with van der Waals surface area (Å²) in [5.41, 5.74) is 0. The third-order valence-corrected chi connectivity index (χ3v) is 5.01. The van der Waals surface area contributed by atoms with Gasteiger partial charge in [-0.15, -0.1) is 0 Å². The number of aliphatic hydroxyl groups excluding tert-OH is 1. The van der Waals surface area contributed by atoms with E-state index in [1.807, 2.05) is 0 Å². The van der Waals surface area contributed by atoms with Gasteiger partial charge in [0.15, 0.2) is 0 Å². The molecule has 1 aliphatic rings.